The molecule has 1 unspecified atom stereocenters. The van der Waals surface area contributed by atoms with E-state index in [1.54, 1.807) is 0 Å². The molecule has 1 aliphatic heterocycles. The molecular weight excluding hydrogens is 265 g/mol. The van der Waals surface area contributed by atoms with Crippen LogP contribution in [0.4, 0.5) is 13.2 Å². The summed E-state index contributed by atoms with van der Waals surface area (Å²) in [7, 11) is 0. The van der Waals surface area contributed by atoms with E-state index < -0.39 is 12.6 Å². The van der Waals surface area contributed by atoms with E-state index >= 15 is 0 Å². The molecular formula is C15H21F3N2. The molecule has 1 fully saturated rings. The summed E-state index contributed by atoms with van der Waals surface area (Å²) in [5.74, 6) is 0. The maximum atomic E-state index is 12.2. The second-order valence-corrected chi connectivity index (χ2v) is 5.30. The summed E-state index contributed by atoms with van der Waals surface area (Å²) in [4.78, 5) is 2.19. The van der Waals surface area contributed by atoms with Crippen LogP contribution >= 0.6 is 0 Å². The molecule has 1 aromatic rings. The van der Waals surface area contributed by atoms with Gasteiger partial charge in [-0.1, -0.05) is 30.3 Å². The standard InChI is InChI=1S/C15H21F3N2/c16-15(17,18)7-4-9-20-10-8-19-12-14(20)11-13-5-2-1-3-6-13/h1-3,5-6,14,19H,4,7-12H2. The number of nitrogens with zero attached hydrogens (tertiary/aromatic N) is 1. The Kier molecular flexibility index (Phi) is 5.43. The minimum absolute atomic E-state index is 0.189. The van der Waals surface area contributed by atoms with Gasteiger partial charge in [-0.15, -0.1) is 0 Å². The minimum atomic E-state index is -4.04. The van der Waals surface area contributed by atoms with Crippen LogP contribution in [0, 0.1) is 0 Å². The fourth-order valence-corrected chi connectivity index (χ4v) is 2.67. The third-order valence-electron chi connectivity index (χ3n) is 3.69. The molecule has 2 rings (SSSR count). The lowest BCUT2D eigenvalue weighted by atomic mass is 10.0. The highest BCUT2D eigenvalue weighted by Gasteiger charge is 2.28. The van der Waals surface area contributed by atoms with Gasteiger partial charge >= 0.3 is 6.18 Å². The maximum absolute atomic E-state index is 12.2. The predicted octanol–water partition coefficient (Wildman–Crippen LogP) is 2.85. The van der Waals surface area contributed by atoms with E-state index in [4.69, 9.17) is 0 Å². The van der Waals surface area contributed by atoms with Crippen molar-refractivity contribution in [1.29, 1.82) is 0 Å². The van der Waals surface area contributed by atoms with Gasteiger partial charge in [-0.05, 0) is 24.9 Å². The quantitative estimate of drug-likeness (QED) is 0.895. The third kappa shape index (κ3) is 5.13. The van der Waals surface area contributed by atoms with Crippen molar-refractivity contribution in [3.8, 4) is 0 Å². The molecule has 1 atom stereocenters. The Balaban J connectivity index is 1.85. The van der Waals surface area contributed by atoms with Crippen molar-refractivity contribution in [2.75, 3.05) is 26.2 Å². The van der Waals surface area contributed by atoms with Gasteiger partial charge in [0.15, 0.2) is 0 Å². The third-order valence-corrected chi connectivity index (χ3v) is 3.69. The first-order valence-electron chi connectivity index (χ1n) is 7.10. The predicted molar refractivity (Wildman–Crippen MR) is 73.7 cm³/mol. The first kappa shape index (κ1) is 15.3. The van der Waals surface area contributed by atoms with Crippen LogP contribution in [-0.4, -0.2) is 43.3 Å². The molecule has 20 heavy (non-hydrogen) atoms. The summed E-state index contributed by atoms with van der Waals surface area (Å²) < 4.78 is 36.7. The first-order chi connectivity index (χ1) is 9.54. The summed E-state index contributed by atoms with van der Waals surface area (Å²) in [6.07, 6.45) is -3.65. The summed E-state index contributed by atoms with van der Waals surface area (Å²) in [6.45, 7) is 3.06. The summed E-state index contributed by atoms with van der Waals surface area (Å²) in [5, 5.41) is 3.33. The Labute approximate surface area is 118 Å². The lowest BCUT2D eigenvalue weighted by molar-refractivity contribution is -0.136. The smallest absolute Gasteiger partial charge is 0.314 e. The fraction of sp³-hybridized carbons (Fsp3) is 0.600. The first-order valence-corrected chi connectivity index (χ1v) is 7.10. The van der Waals surface area contributed by atoms with Gasteiger partial charge in [0.1, 0.15) is 0 Å². The Morgan fingerprint density at radius 2 is 1.95 bits per heavy atom. The number of piperazine rings is 1. The van der Waals surface area contributed by atoms with Gasteiger partial charge < -0.3 is 5.32 Å². The molecule has 0 radical (unpaired) electrons. The number of benzene rings is 1. The molecule has 1 saturated heterocycles. The van der Waals surface area contributed by atoms with Crippen LogP contribution in [0.5, 0.6) is 0 Å². The number of halogens is 3. The van der Waals surface area contributed by atoms with Crippen molar-refractivity contribution in [1.82, 2.24) is 10.2 Å². The van der Waals surface area contributed by atoms with Gasteiger partial charge in [0.05, 0.1) is 0 Å². The SMILES string of the molecule is FC(F)(F)CCCN1CCNCC1Cc1ccccc1. The van der Waals surface area contributed by atoms with Crippen molar-refractivity contribution in [2.24, 2.45) is 0 Å². The van der Waals surface area contributed by atoms with E-state index in [1.807, 2.05) is 18.2 Å². The summed E-state index contributed by atoms with van der Waals surface area (Å²) in [5.41, 5.74) is 1.24. The van der Waals surface area contributed by atoms with E-state index in [2.05, 4.69) is 22.3 Å². The fourth-order valence-electron chi connectivity index (χ4n) is 2.67. The molecule has 0 bridgehead atoms. The van der Waals surface area contributed by atoms with Crippen LogP contribution in [-0.2, 0) is 6.42 Å². The van der Waals surface area contributed by atoms with Gasteiger partial charge in [-0.3, -0.25) is 4.90 Å². The molecule has 0 saturated carbocycles. The highest BCUT2D eigenvalue weighted by atomic mass is 19.4. The Morgan fingerprint density at radius 1 is 1.20 bits per heavy atom. The lowest BCUT2D eigenvalue weighted by Crippen LogP contribution is -2.52. The zero-order valence-electron chi connectivity index (χ0n) is 11.5. The van der Waals surface area contributed by atoms with Gasteiger partial charge in [-0.25, -0.2) is 0 Å². The number of hydrogen-bond donors (Lipinski definition) is 1. The Morgan fingerprint density at radius 3 is 2.65 bits per heavy atom. The highest BCUT2D eigenvalue weighted by Crippen LogP contribution is 2.22. The van der Waals surface area contributed by atoms with E-state index in [0.717, 1.165) is 26.1 Å². The lowest BCUT2D eigenvalue weighted by Gasteiger charge is -2.36. The van der Waals surface area contributed by atoms with Crippen molar-refractivity contribution >= 4 is 0 Å². The number of rotatable bonds is 5. The normalized spacial score (nSPS) is 21.1. The van der Waals surface area contributed by atoms with Crippen molar-refractivity contribution < 1.29 is 13.2 Å². The molecule has 1 heterocycles. The molecule has 1 aromatic carbocycles. The molecule has 112 valence electrons. The number of alkyl halides is 3. The van der Waals surface area contributed by atoms with Gasteiger partial charge in [0, 0.05) is 32.1 Å². The van der Waals surface area contributed by atoms with Gasteiger partial charge in [0.25, 0.3) is 0 Å². The van der Waals surface area contributed by atoms with Gasteiger partial charge in [0.2, 0.25) is 0 Å². The molecule has 0 amide bonds. The van der Waals surface area contributed by atoms with Gasteiger partial charge in [-0.2, -0.15) is 13.2 Å². The highest BCUT2D eigenvalue weighted by molar-refractivity contribution is 5.16. The minimum Gasteiger partial charge on any atom is -0.314 e. The number of hydrogen-bond acceptors (Lipinski definition) is 2. The van der Waals surface area contributed by atoms with Crippen LogP contribution in [0.2, 0.25) is 0 Å². The van der Waals surface area contributed by atoms with E-state index in [-0.39, 0.29) is 6.42 Å². The largest absolute Gasteiger partial charge is 0.389 e. The average Bonchev–Trinajstić information content (AvgIpc) is 2.40. The molecule has 0 aliphatic carbocycles. The molecule has 0 aromatic heterocycles. The molecule has 1 N–H and O–H groups in total. The second-order valence-electron chi connectivity index (χ2n) is 5.30. The van der Waals surface area contributed by atoms with Crippen LogP contribution < -0.4 is 5.32 Å². The van der Waals surface area contributed by atoms with Crippen LogP contribution in [0.15, 0.2) is 30.3 Å². The average molecular weight is 286 g/mol. The zero-order chi connectivity index (χ0) is 14.4. The van der Waals surface area contributed by atoms with Crippen LogP contribution in [0.3, 0.4) is 0 Å². The summed E-state index contributed by atoms with van der Waals surface area (Å²) in [6, 6.07) is 10.4. The number of nitrogens with one attached hydrogen (secondary N) is 1. The summed E-state index contributed by atoms with van der Waals surface area (Å²) >= 11 is 0. The molecule has 5 heteroatoms. The van der Waals surface area contributed by atoms with Crippen LogP contribution in [0.25, 0.3) is 0 Å². The van der Waals surface area contributed by atoms with E-state index in [0.29, 0.717) is 12.6 Å². The topological polar surface area (TPSA) is 15.3 Å². The van der Waals surface area contributed by atoms with Crippen molar-refractivity contribution in [2.45, 2.75) is 31.5 Å². The second kappa shape index (κ2) is 7.09. The Hall–Kier alpha value is -1.07. The maximum Gasteiger partial charge on any atom is 0.389 e. The van der Waals surface area contributed by atoms with Crippen molar-refractivity contribution in [3.63, 3.8) is 0 Å². The Bertz CT molecular complexity index is 392. The van der Waals surface area contributed by atoms with Crippen molar-refractivity contribution in [3.05, 3.63) is 35.9 Å². The zero-order valence-corrected chi connectivity index (χ0v) is 11.5. The molecule has 1 aliphatic rings. The monoisotopic (exact) mass is 286 g/mol. The van der Waals surface area contributed by atoms with Crippen LogP contribution in [0.1, 0.15) is 18.4 Å². The molecule has 0 spiro atoms. The van der Waals surface area contributed by atoms with E-state index in [1.165, 1.54) is 5.56 Å². The van der Waals surface area contributed by atoms with E-state index in [9.17, 15) is 13.2 Å². The molecule has 2 nitrogen and oxygen atoms in total.